The second-order valence-corrected chi connectivity index (χ2v) is 6.56. The molecule has 0 aliphatic carbocycles. The second-order valence-electron chi connectivity index (χ2n) is 4.88. The zero-order chi connectivity index (χ0) is 15.6. The lowest BCUT2D eigenvalue weighted by Gasteiger charge is -2.17. The largest absolute Gasteiger partial charge is 0.398 e. The van der Waals surface area contributed by atoms with Crippen LogP contribution in [0.1, 0.15) is 24.1 Å². The zero-order valence-corrected chi connectivity index (χ0v) is 12.6. The first-order valence-electron chi connectivity index (χ1n) is 6.44. The van der Waals surface area contributed by atoms with Gasteiger partial charge in [0.2, 0.25) is 10.0 Å². The highest BCUT2D eigenvalue weighted by Crippen LogP contribution is 2.23. The predicted molar refractivity (Wildman–Crippen MR) is 80.7 cm³/mol. The molecule has 6 heteroatoms. The predicted octanol–water partition coefficient (Wildman–Crippen LogP) is 2.76. The Bertz CT molecular complexity index is 760. The van der Waals surface area contributed by atoms with Crippen LogP contribution in [0.15, 0.2) is 47.4 Å². The summed E-state index contributed by atoms with van der Waals surface area (Å²) in [7, 11) is -3.81. The normalized spacial score (nSPS) is 13.1. The number of aryl methyl sites for hydroxylation is 1. The Balaban J connectivity index is 2.31. The van der Waals surface area contributed by atoms with Gasteiger partial charge < -0.3 is 5.73 Å². The molecule has 0 bridgehead atoms. The van der Waals surface area contributed by atoms with E-state index < -0.39 is 21.9 Å². The molecule has 2 rings (SSSR count). The topological polar surface area (TPSA) is 72.2 Å². The van der Waals surface area contributed by atoms with Crippen LogP contribution in [0.5, 0.6) is 0 Å². The van der Waals surface area contributed by atoms with Gasteiger partial charge in [0, 0.05) is 6.04 Å². The van der Waals surface area contributed by atoms with E-state index >= 15 is 0 Å². The summed E-state index contributed by atoms with van der Waals surface area (Å²) < 4.78 is 40.3. The third-order valence-corrected chi connectivity index (χ3v) is 4.86. The van der Waals surface area contributed by atoms with E-state index in [9.17, 15) is 12.8 Å². The fourth-order valence-corrected chi connectivity index (χ4v) is 3.53. The van der Waals surface area contributed by atoms with Gasteiger partial charge in [-0.15, -0.1) is 0 Å². The van der Waals surface area contributed by atoms with Crippen molar-refractivity contribution in [1.29, 1.82) is 0 Å². The highest BCUT2D eigenvalue weighted by molar-refractivity contribution is 7.89. The maximum Gasteiger partial charge on any atom is 0.243 e. The van der Waals surface area contributed by atoms with Crippen LogP contribution in [-0.4, -0.2) is 8.42 Å². The molecule has 0 amide bonds. The average Bonchev–Trinajstić information content (AvgIpc) is 2.37. The van der Waals surface area contributed by atoms with Gasteiger partial charge in [0.05, 0.1) is 5.69 Å². The minimum atomic E-state index is -3.81. The lowest BCUT2D eigenvalue weighted by Crippen LogP contribution is -2.28. The molecule has 3 N–H and O–H groups in total. The first-order chi connectivity index (χ1) is 9.81. The van der Waals surface area contributed by atoms with E-state index in [-0.39, 0.29) is 10.6 Å². The second kappa shape index (κ2) is 5.83. The van der Waals surface area contributed by atoms with Crippen LogP contribution >= 0.6 is 0 Å². The molecule has 0 aliphatic heterocycles. The van der Waals surface area contributed by atoms with Crippen LogP contribution in [0.4, 0.5) is 10.1 Å². The van der Waals surface area contributed by atoms with Gasteiger partial charge in [-0.3, -0.25) is 0 Å². The molecule has 4 nitrogen and oxygen atoms in total. The number of sulfonamides is 1. The van der Waals surface area contributed by atoms with Gasteiger partial charge in [-0.05, 0) is 43.2 Å². The molecule has 0 heterocycles. The molecule has 0 saturated carbocycles. The monoisotopic (exact) mass is 308 g/mol. The Labute approximate surface area is 123 Å². The fourth-order valence-electron chi connectivity index (χ4n) is 2.20. The van der Waals surface area contributed by atoms with Crippen LogP contribution in [0.25, 0.3) is 0 Å². The molecule has 2 aromatic carbocycles. The molecule has 0 radical (unpaired) electrons. The third-order valence-electron chi connectivity index (χ3n) is 3.25. The summed E-state index contributed by atoms with van der Waals surface area (Å²) >= 11 is 0. The molecule has 0 spiro atoms. The zero-order valence-electron chi connectivity index (χ0n) is 11.8. The van der Waals surface area contributed by atoms with E-state index in [1.54, 1.807) is 6.92 Å². The average molecular weight is 308 g/mol. The van der Waals surface area contributed by atoms with Crippen molar-refractivity contribution in [3.63, 3.8) is 0 Å². The molecule has 112 valence electrons. The summed E-state index contributed by atoms with van der Waals surface area (Å²) in [5, 5.41) is 0. The molecule has 1 unspecified atom stereocenters. The summed E-state index contributed by atoms with van der Waals surface area (Å²) in [5.41, 5.74) is 7.34. The lowest BCUT2D eigenvalue weighted by atomic mass is 10.0. The van der Waals surface area contributed by atoms with Crippen molar-refractivity contribution < 1.29 is 12.8 Å². The van der Waals surface area contributed by atoms with Crippen LogP contribution in [0.2, 0.25) is 0 Å². The first kappa shape index (κ1) is 15.5. The molecular formula is C15H17FN2O2S. The van der Waals surface area contributed by atoms with Crippen molar-refractivity contribution in [2.45, 2.75) is 24.8 Å². The lowest BCUT2D eigenvalue weighted by molar-refractivity contribution is 0.566. The van der Waals surface area contributed by atoms with Crippen molar-refractivity contribution in [3.8, 4) is 0 Å². The Morgan fingerprint density at radius 3 is 2.48 bits per heavy atom. The summed E-state index contributed by atoms with van der Waals surface area (Å²) in [6, 6.07) is 10.3. The Hall–Kier alpha value is -1.92. The third kappa shape index (κ3) is 3.40. The van der Waals surface area contributed by atoms with Gasteiger partial charge in [-0.2, -0.15) is 0 Å². The summed E-state index contributed by atoms with van der Waals surface area (Å²) in [4.78, 5) is -0.121. The van der Waals surface area contributed by atoms with Crippen molar-refractivity contribution in [3.05, 3.63) is 59.4 Å². The number of rotatable bonds is 4. The molecule has 0 aliphatic rings. The van der Waals surface area contributed by atoms with Crippen molar-refractivity contribution >= 4 is 15.7 Å². The van der Waals surface area contributed by atoms with Crippen molar-refractivity contribution in [2.75, 3.05) is 5.73 Å². The minimum absolute atomic E-state index is 0.112. The van der Waals surface area contributed by atoms with Crippen molar-refractivity contribution in [1.82, 2.24) is 4.72 Å². The summed E-state index contributed by atoms with van der Waals surface area (Å²) in [5.74, 6) is -0.571. The molecular weight excluding hydrogens is 291 g/mol. The first-order valence-corrected chi connectivity index (χ1v) is 7.92. The fraction of sp³-hybridized carbons (Fsp3) is 0.200. The summed E-state index contributed by atoms with van der Waals surface area (Å²) in [6.45, 7) is 3.66. The quantitative estimate of drug-likeness (QED) is 0.853. The number of hydrogen-bond donors (Lipinski definition) is 2. The molecule has 0 saturated heterocycles. The molecule has 0 aromatic heterocycles. The van der Waals surface area contributed by atoms with E-state index in [1.807, 2.05) is 31.2 Å². The smallest absolute Gasteiger partial charge is 0.243 e. The van der Waals surface area contributed by atoms with Gasteiger partial charge in [-0.25, -0.2) is 17.5 Å². The van der Waals surface area contributed by atoms with Gasteiger partial charge in [0.15, 0.2) is 0 Å². The number of hydrogen-bond acceptors (Lipinski definition) is 3. The molecule has 1 atom stereocenters. The van der Waals surface area contributed by atoms with Gasteiger partial charge in [0.1, 0.15) is 10.7 Å². The van der Waals surface area contributed by atoms with E-state index in [1.165, 1.54) is 0 Å². The van der Waals surface area contributed by atoms with Crippen LogP contribution in [0.3, 0.4) is 0 Å². The minimum Gasteiger partial charge on any atom is -0.398 e. The van der Waals surface area contributed by atoms with Crippen LogP contribution < -0.4 is 10.5 Å². The van der Waals surface area contributed by atoms with Gasteiger partial charge >= 0.3 is 0 Å². The van der Waals surface area contributed by atoms with E-state index in [4.69, 9.17) is 5.73 Å². The highest BCUT2D eigenvalue weighted by Gasteiger charge is 2.21. The Morgan fingerprint density at radius 1 is 1.19 bits per heavy atom. The molecule has 2 aromatic rings. The van der Waals surface area contributed by atoms with Crippen LogP contribution in [0, 0.1) is 12.7 Å². The number of halogens is 1. The van der Waals surface area contributed by atoms with Gasteiger partial charge in [-0.1, -0.05) is 24.3 Å². The maximum absolute atomic E-state index is 13.0. The summed E-state index contributed by atoms with van der Waals surface area (Å²) in [6.07, 6.45) is 0. The van der Waals surface area contributed by atoms with E-state index in [0.717, 1.165) is 29.3 Å². The molecule has 0 fully saturated rings. The number of anilines is 1. The van der Waals surface area contributed by atoms with E-state index in [0.29, 0.717) is 0 Å². The number of nitrogen functional groups attached to an aromatic ring is 1. The van der Waals surface area contributed by atoms with E-state index in [2.05, 4.69) is 4.72 Å². The number of nitrogens with two attached hydrogens (primary N) is 1. The number of benzene rings is 2. The highest BCUT2D eigenvalue weighted by atomic mass is 32.2. The van der Waals surface area contributed by atoms with Crippen molar-refractivity contribution in [2.24, 2.45) is 0 Å². The maximum atomic E-state index is 13.0. The molecule has 21 heavy (non-hydrogen) atoms. The SMILES string of the molecule is Cc1ccccc1C(C)NS(=O)(=O)c1ccc(F)cc1N. The van der Waals surface area contributed by atoms with Crippen LogP contribution in [-0.2, 0) is 10.0 Å². The van der Waals surface area contributed by atoms with Gasteiger partial charge in [0.25, 0.3) is 0 Å². The Kier molecular flexibility index (Phi) is 4.29. The Morgan fingerprint density at radius 2 is 1.86 bits per heavy atom. The standard InChI is InChI=1S/C15H17FN2O2S/c1-10-5-3-4-6-13(10)11(2)18-21(19,20)15-8-7-12(16)9-14(15)17/h3-9,11,18H,17H2,1-2H3. The number of nitrogens with one attached hydrogen (secondary N) is 1.